The quantitative estimate of drug-likeness (QED) is 0.900. The highest BCUT2D eigenvalue weighted by atomic mass is 35.5. The van der Waals surface area contributed by atoms with Crippen LogP contribution in [0.3, 0.4) is 0 Å². The SMILES string of the molecule is OC(Cc1ccc(Cl)c(F)c1)CC1CCOC1. The van der Waals surface area contributed by atoms with Gasteiger partial charge in [-0.1, -0.05) is 17.7 Å². The monoisotopic (exact) mass is 258 g/mol. The van der Waals surface area contributed by atoms with Gasteiger partial charge in [0.15, 0.2) is 0 Å². The maximum absolute atomic E-state index is 13.2. The van der Waals surface area contributed by atoms with E-state index in [0.717, 1.165) is 25.2 Å². The Hall–Kier alpha value is -0.640. The molecule has 1 aliphatic rings. The highest BCUT2D eigenvalue weighted by Crippen LogP contribution is 2.21. The Bertz CT molecular complexity index is 378. The van der Waals surface area contributed by atoms with Gasteiger partial charge in [-0.2, -0.15) is 0 Å². The van der Waals surface area contributed by atoms with Crippen LogP contribution in [0.4, 0.5) is 4.39 Å². The molecule has 94 valence electrons. The molecule has 2 rings (SSSR count). The number of halogens is 2. The van der Waals surface area contributed by atoms with E-state index in [0.29, 0.717) is 18.8 Å². The van der Waals surface area contributed by atoms with Crippen LogP contribution < -0.4 is 0 Å². The molecule has 4 heteroatoms. The van der Waals surface area contributed by atoms with Crippen molar-refractivity contribution in [3.8, 4) is 0 Å². The first-order valence-electron chi connectivity index (χ1n) is 5.85. The van der Waals surface area contributed by atoms with E-state index in [9.17, 15) is 9.50 Å². The lowest BCUT2D eigenvalue weighted by Crippen LogP contribution is -2.16. The summed E-state index contributed by atoms with van der Waals surface area (Å²) < 4.78 is 18.5. The van der Waals surface area contributed by atoms with Crippen molar-refractivity contribution in [1.29, 1.82) is 0 Å². The molecule has 1 N–H and O–H groups in total. The highest BCUT2D eigenvalue weighted by molar-refractivity contribution is 6.30. The van der Waals surface area contributed by atoms with Gasteiger partial charge >= 0.3 is 0 Å². The van der Waals surface area contributed by atoms with Crippen LogP contribution in [0.5, 0.6) is 0 Å². The van der Waals surface area contributed by atoms with E-state index in [4.69, 9.17) is 16.3 Å². The van der Waals surface area contributed by atoms with Gasteiger partial charge in [-0.3, -0.25) is 0 Å². The molecule has 17 heavy (non-hydrogen) atoms. The van der Waals surface area contributed by atoms with Gasteiger partial charge < -0.3 is 9.84 Å². The topological polar surface area (TPSA) is 29.5 Å². The van der Waals surface area contributed by atoms with Crippen molar-refractivity contribution >= 4 is 11.6 Å². The fourth-order valence-corrected chi connectivity index (χ4v) is 2.29. The van der Waals surface area contributed by atoms with Crippen LogP contribution in [0.25, 0.3) is 0 Å². The molecule has 1 aromatic carbocycles. The van der Waals surface area contributed by atoms with E-state index in [1.54, 1.807) is 6.07 Å². The molecule has 0 spiro atoms. The molecule has 0 amide bonds. The Morgan fingerprint density at radius 3 is 3.00 bits per heavy atom. The third-order valence-electron chi connectivity index (χ3n) is 3.08. The number of aliphatic hydroxyl groups is 1. The van der Waals surface area contributed by atoms with Crippen molar-refractivity contribution in [3.05, 3.63) is 34.6 Å². The Morgan fingerprint density at radius 1 is 1.53 bits per heavy atom. The summed E-state index contributed by atoms with van der Waals surface area (Å²) in [6.45, 7) is 1.51. The standard InChI is InChI=1S/C13H16ClFO2/c14-12-2-1-9(7-13(12)15)5-11(16)6-10-3-4-17-8-10/h1-2,7,10-11,16H,3-6,8H2. The minimum absolute atomic E-state index is 0.118. The van der Waals surface area contributed by atoms with Crippen molar-refractivity contribution in [2.24, 2.45) is 5.92 Å². The Morgan fingerprint density at radius 2 is 2.35 bits per heavy atom. The van der Waals surface area contributed by atoms with Crippen molar-refractivity contribution in [2.75, 3.05) is 13.2 Å². The zero-order valence-corrected chi connectivity index (χ0v) is 10.3. The van der Waals surface area contributed by atoms with E-state index in [1.165, 1.54) is 12.1 Å². The molecule has 2 nitrogen and oxygen atoms in total. The second kappa shape index (κ2) is 5.80. The van der Waals surface area contributed by atoms with Crippen LogP contribution >= 0.6 is 11.6 Å². The van der Waals surface area contributed by atoms with Crippen molar-refractivity contribution in [3.63, 3.8) is 0 Å². The molecule has 1 saturated heterocycles. The summed E-state index contributed by atoms with van der Waals surface area (Å²) in [5.41, 5.74) is 0.776. The summed E-state index contributed by atoms with van der Waals surface area (Å²) in [5, 5.41) is 10.0. The van der Waals surface area contributed by atoms with Crippen molar-refractivity contribution < 1.29 is 14.2 Å². The molecule has 0 aromatic heterocycles. The number of ether oxygens (including phenoxy) is 1. The van der Waals surface area contributed by atoms with Crippen LogP contribution in [0.15, 0.2) is 18.2 Å². The van der Waals surface area contributed by atoms with Gasteiger partial charge in [0.1, 0.15) is 5.82 Å². The second-order valence-corrected chi connectivity index (χ2v) is 4.98. The Kier molecular flexibility index (Phi) is 4.37. The average Bonchev–Trinajstić information content (AvgIpc) is 2.76. The minimum atomic E-state index is -0.442. The molecule has 1 fully saturated rings. The van der Waals surface area contributed by atoms with E-state index in [-0.39, 0.29) is 5.02 Å². The van der Waals surface area contributed by atoms with Crippen LogP contribution in [0.2, 0.25) is 5.02 Å². The van der Waals surface area contributed by atoms with E-state index in [1.807, 2.05) is 0 Å². The van der Waals surface area contributed by atoms with Crippen LogP contribution in [-0.2, 0) is 11.2 Å². The van der Waals surface area contributed by atoms with E-state index < -0.39 is 11.9 Å². The summed E-state index contributed by atoms with van der Waals surface area (Å²) in [5.74, 6) is 0.00251. The maximum atomic E-state index is 13.2. The number of benzene rings is 1. The smallest absolute Gasteiger partial charge is 0.142 e. The first-order chi connectivity index (χ1) is 8.15. The largest absolute Gasteiger partial charge is 0.393 e. The van der Waals surface area contributed by atoms with Gasteiger partial charge in [-0.15, -0.1) is 0 Å². The van der Waals surface area contributed by atoms with Crippen LogP contribution in [0.1, 0.15) is 18.4 Å². The number of aliphatic hydroxyl groups excluding tert-OH is 1. The fourth-order valence-electron chi connectivity index (χ4n) is 2.18. The van der Waals surface area contributed by atoms with Crippen LogP contribution in [-0.4, -0.2) is 24.4 Å². The lowest BCUT2D eigenvalue weighted by atomic mass is 9.96. The number of hydrogen-bond acceptors (Lipinski definition) is 2. The van der Waals surface area contributed by atoms with Gasteiger partial charge in [-0.05, 0) is 42.9 Å². The Balaban J connectivity index is 1.88. The van der Waals surface area contributed by atoms with Crippen molar-refractivity contribution in [1.82, 2.24) is 0 Å². The molecule has 0 bridgehead atoms. The lowest BCUT2D eigenvalue weighted by Gasteiger charge is -2.14. The fraction of sp³-hybridized carbons (Fsp3) is 0.538. The zero-order valence-electron chi connectivity index (χ0n) is 9.53. The molecule has 2 atom stereocenters. The van der Waals surface area contributed by atoms with E-state index >= 15 is 0 Å². The van der Waals surface area contributed by atoms with Gasteiger partial charge in [0.2, 0.25) is 0 Å². The zero-order chi connectivity index (χ0) is 12.3. The number of rotatable bonds is 4. The summed E-state index contributed by atoms with van der Waals surface area (Å²) in [4.78, 5) is 0. The lowest BCUT2D eigenvalue weighted by molar-refractivity contribution is 0.128. The molecule has 0 saturated carbocycles. The molecule has 1 heterocycles. The minimum Gasteiger partial charge on any atom is -0.393 e. The number of hydrogen-bond donors (Lipinski definition) is 1. The predicted molar refractivity (Wildman–Crippen MR) is 64.7 cm³/mol. The van der Waals surface area contributed by atoms with Gasteiger partial charge in [0, 0.05) is 13.2 Å². The predicted octanol–water partition coefficient (Wildman–Crippen LogP) is 2.81. The average molecular weight is 259 g/mol. The Labute approximate surface area is 105 Å². The van der Waals surface area contributed by atoms with Gasteiger partial charge in [0.25, 0.3) is 0 Å². The molecular formula is C13H16ClFO2. The summed E-state index contributed by atoms with van der Waals surface area (Å²) in [7, 11) is 0. The molecule has 0 aliphatic carbocycles. The van der Waals surface area contributed by atoms with Crippen molar-refractivity contribution in [2.45, 2.75) is 25.4 Å². The first kappa shape index (κ1) is 12.8. The maximum Gasteiger partial charge on any atom is 0.142 e. The molecule has 2 unspecified atom stereocenters. The summed E-state index contributed by atoms with van der Waals surface area (Å²) in [6, 6.07) is 4.66. The molecule has 0 radical (unpaired) electrons. The highest BCUT2D eigenvalue weighted by Gasteiger charge is 2.19. The van der Waals surface area contributed by atoms with Gasteiger partial charge in [-0.25, -0.2) is 4.39 Å². The first-order valence-corrected chi connectivity index (χ1v) is 6.22. The molecule has 1 aliphatic heterocycles. The van der Waals surface area contributed by atoms with E-state index in [2.05, 4.69) is 0 Å². The normalized spacial score (nSPS) is 21.7. The molecule has 1 aromatic rings. The molecular weight excluding hydrogens is 243 g/mol. The summed E-state index contributed by atoms with van der Waals surface area (Å²) >= 11 is 5.60. The second-order valence-electron chi connectivity index (χ2n) is 4.57. The van der Waals surface area contributed by atoms with Gasteiger partial charge in [0.05, 0.1) is 11.1 Å². The third kappa shape index (κ3) is 3.66. The summed E-state index contributed by atoms with van der Waals surface area (Å²) in [6.07, 6.45) is 1.74. The third-order valence-corrected chi connectivity index (χ3v) is 3.39. The van der Waals surface area contributed by atoms with Crippen LogP contribution in [0, 0.1) is 11.7 Å².